The molecular formula is C13H21ClFN3O. The van der Waals surface area contributed by atoms with Crippen molar-refractivity contribution in [3.8, 4) is 0 Å². The molecule has 0 saturated carbocycles. The molecule has 0 aromatic heterocycles. The Morgan fingerprint density at radius 1 is 1.37 bits per heavy atom. The highest BCUT2D eigenvalue weighted by atomic mass is 35.5. The van der Waals surface area contributed by atoms with Gasteiger partial charge in [-0.1, -0.05) is 12.1 Å². The SMILES string of the molecule is CNCC(=O)NCCCN(C)c1ccccc1F.Cl. The van der Waals surface area contributed by atoms with Crippen LogP contribution in [0.25, 0.3) is 0 Å². The van der Waals surface area contributed by atoms with E-state index in [1.807, 2.05) is 18.0 Å². The lowest BCUT2D eigenvalue weighted by Crippen LogP contribution is -2.34. The van der Waals surface area contributed by atoms with Gasteiger partial charge in [-0.15, -0.1) is 12.4 Å². The number of para-hydroxylation sites is 1. The molecule has 0 radical (unpaired) electrons. The van der Waals surface area contributed by atoms with Crippen molar-refractivity contribution < 1.29 is 9.18 Å². The zero-order valence-electron chi connectivity index (χ0n) is 11.3. The molecule has 0 heterocycles. The van der Waals surface area contributed by atoms with Crippen molar-refractivity contribution >= 4 is 24.0 Å². The highest BCUT2D eigenvalue weighted by molar-refractivity contribution is 5.85. The van der Waals surface area contributed by atoms with Crippen molar-refractivity contribution in [2.75, 3.05) is 38.6 Å². The fraction of sp³-hybridized carbons (Fsp3) is 0.462. The third kappa shape index (κ3) is 6.40. The number of nitrogens with zero attached hydrogens (tertiary/aromatic N) is 1. The maximum absolute atomic E-state index is 13.5. The molecule has 0 aliphatic carbocycles. The second-order valence-corrected chi connectivity index (χ2v) is 4.11. The number of hydrogen-bond acceptors (Lipinski definition) is 3. The lowest BCUT2D eigenvalue weighted by atomic mass is 10.2. The number of carbonyl (C=O) groups is 1. The van der Waals surface area contributed by atoms with Crippen LogP contribution in [0, 0.1) is 5.82 Å². The molecule has 0 unspecified atom stereocenters. The molecule has 1 aromatic carbocycles. The van der Waals surface area contributed by atoms with Crippen LogP contribution < -0.4 is 15.5 Å². The van der Waals surface area contributed by atoms with Gasteiger partial charge in [0.25, 0.3) is 0 Å². The van der Waals surface area contributed by atoms with Crippen molar-refractivity contribution in [1.29, 1.82) is 0 Å². The maximum Gasteiger partial charge on any atom is 0.233 e. The molecular weight excluding hydrogens is 269 g/mol. The van der Waals surface area contributed by atoms with Crippen LogP contribution in [0.15, 0.2) is 24.3 Å². The van der Waals surface area contributed by atoms with E-state index in [0.717, 1.165) is 6.42 Å². The van der Waals surface area contributed by atoms with Crippen LogP contribution in [-0.4, -0.2) is 39.6 Å². The van der Waals surface area contributed by atoms with E-state index in [4.69, 9.17) is 0 Å². The molecule has 2 N–H and O–H groups in total. The van der Waals surface area contributed by atoms with Gasteiger partial charge < -0.3 is 15.5 Å². The van der Waals surface area contributed by atoms with Crippen LogP contribution in [0.5, 0.6) is 0 Å². The van der Waals surface area contributed by atoms with Crippen LogP contribution in [0.3, 0.4) is 0 Å². The van der Waals surface area contributed by atoms with Crippen molar-refractivity contribution in [2.24, 2.45) is 0 Å². The molecule has 0 saturated heterocycles. The minimum absolute atomic E-state index is 0. The Labute approximate surface area is 119 Å². The zero-order chi connectivity index (χ0) is 13.4. The predicted molar refractivity (Wildman–Crippen MR) is 78.5 cm³/mol. The van der Waals surface area contributed by atoms with Crippen molar-refractivity contribution in [3.05, 3.63) is 30.1 Å². The minimum atomic E-state index is -0.223. The van der Waals surface area contributed by atoms with Gasteiger partial charge in [0, 0.05) is 20.1 Å². The van der Waals surface area contributed by atoms with Crippen LogP contribution in [0.2, 0.25) is 0 Å². The monoisotopic (exact) mass is 289 g/mol. The van der Waals surface area contributed by atoms with E-state index in [0.29, 0.717) is 25.3 Å². The van der Waals surface area contributed by atoms with Crippen LogP contribution >= 0.6 is 12.4 Å². The Kier molecular flexibility index (Phi) is 8.91. The third-order valence-electron chi connectivity index (χ3n) is 2.59. The highest BCUT2D eigenvalue weighted by Crippen LogP contribution is 2.16. The molecule has 0 aliphatic rings. The van der Waals surface area contributed by atoms with E-state index in [-0.39, 0.29) is 24.1 Å². The standard InChI is InChI=1S/C13H20FN3O.ClH/c1-15-10-13(18)16-8-5-9-17(2)12-7-4-3-6-11(12)14;/h3-4,6-7,15H,5,8-10H2,1-2H3,(H,16,18);1H. The molecule has 19 heavy (non-hydrogen) atoms. The number of rotatable bonds is 7. The first-order valence-electron chi connectivity index (χ1n) is 6.02. The summed E-state index contributed by atoms with van der Waals surface area (Å²) in [5, 5.41) is 5.56. The van der Waals surface area contributed by atoms with Crippen molar-refractivity contribution in [2.45, 2.75) is 6.42 Å². The molecule has 6 heteroatoms. The molecule has 0 fully saturated rings. The highest BCUT2D eigenvalue weighted by Gasteiger charge is 2.06. The van der Waals surface area contributed by atoms with E-state index in [2.05, 4.69) is 10.6 Å². The van der Waals surface area contributed by atoms with Crippen LogP contribution in [-0.2, 0) is 4.79 Å². The first-order chi connectivity index (χ1) is 8.65. The van der Waals surface area contributed by atoms with Gasteiger partial charge in [-0.05, 0) is 25.6 Å². The normalized spacial score (nSPS) is 9.63. The summed E-state index contributed by atoms with van der Waals surface area (Å²) < 4.78 is 13.5. The quantitative estimate of drug-likeness (QED) is 0.746. The fourth-order valence-corrected chi connectivity index (χ4v) is 1.65. The summed E-state index contributed by atoms with van der Waals surface area (Å²) in [7, 11) is 3.57. The molecule has 0 bridgehead atoms. The second-order valence-electron chi connectivity index (χ2n) is 4.11. The van der Waals surface area contributed by atoms with Crippen LogP contribution in [0.4, 0.5) is 10.1 Å². The van der Waals surface area contributed by atoms with Gasteiger partial charge in [-0.25, -0.2) is 4.39 Å². The minimum Gasteiger partial charge on any atom is -0.372 e. The summed E-state index contributed by atoms with van der Waals surface area (Å²) in [6, 6.07) is 6.67. The Bertz CT molecular complexity index is 390. The second kappa shape index (κ2) is 9.58. The number of benzene rings is 1. The van der Waals surface area contributed by atoms with Gasteiger partial charge in [0.1, 0.15) is 5.82 Å². The lowest BCUT2D eigenvalue weighted by Gasteiger charge is -2.19. The van der Waals surface area contributed by atoms with E-state index < -0.39 is 0 Å². The van der Waals surface area contributed by atoms with Crippen molar-refractivity contribution in [3.63, 3.8) is 0 Å². The lowest BCUT2D eigenvalue weighted by molar-refractivity contribution is -0.120. The first kappa shape index (κ1) is 17.7. The average molecular weight is 290 g/mol. The number of anilines is 1. The Morgan fingerprint density at radius 3 is 2.68 bits per heavy atom. The Hall–Kier alpha value is -1.33. The topological polar surface area (TPSA) is 44.4 Å². The van der Waals surface area contributed by atoms with Crippen LogP contribution in [0.1, 0.15) is 6.42 Å². The summed E-state index contributed by atoms with van der Waals surface area (Å²) in [6.45, 7) is 1.61. The zero-order valence-corrected chi connectivity index (χ0v) is 12.1. The fourth-order valence-electron chi connectivity index (χ4n) is 1.65. The van der Waals surface area contributed by atoms with Gasteiger partial charge in [-0.2, -0.15) is 0 Å². The Morgan fingerprint density at radius 2 is 2.05 bits per heavy atom. The average Bonchev–Trinajstić information content (AvgIpc) is 2.35. The molecule has 0 aliphatic heterocycles. The number of likely N-dealkylation sites (N-methyl/N-ethyl adjacent to an activating group) is 1. The largest absolute Gasteiger partial charge is 0.372 e. The Balaban J connectivity index is 0.00000324. The molecule has 1 rings (SSSR count). The molecule has 4 nitrogen and oxygen atoms in total. The van der Waals surface area contributed by atoms with Gasteiger partial charge >= 0.3 is 0 Å². The number of hydrogen-bond donors (Lipinski definition) is 2. The van der Waals surface area contributed by atoms with E-state index in [1.54, 1.807) is 19.2 Å². The summed E-state index contributed by atoms with van der Waals surface area (Å²) in [5.74, 6) is -0.245. The molecule has 0 atom stereocenters. The molecule has 0 spiro atoms. The summed E-state index contributed by atoms with van der Waals surface area (Å²) in [6.07, 6.45) is 0.778. The molecule has 1 amide bonds. The van der Waals surface area contributed by atoms with E-state index in [9.17, 15) is 9.18 Å². The van der Waals surface area contributed by atoms with E-state index in [1.165, 1.54) is 6.07 Å². The number of nitrogens with one attached hydrogen (secondary N) is 2. The smallest absolute Gasteiger partial charge is 0.233 e. The third-order valence-corrected chi connectivity index (χ3v) is 2.59. The van der Waals surface area contributed by atoms with Crippen molar-refractivity contribution in [1.82, 2.24) is 10.6 Å². The van der Waals surface area contributed by atoms with Gasteiger partial charge in [-0.3, -0.25) is 4.79 Å². The molecule has 108 valence electrons. The van der Waals surface area contributed by atoms with Gasteiger partial charge in [0.2, 0.25) is 5.91 Å². The van der Waals surface area contributed by atoms with E-state index >= 15 is 0 Å². The first-order valence-corrected chi connectivity index (χ1v) is 6.02. The maximum atomic E-state index is 13.5. The number of halogens is 2. The number of amides is 1. The van der Waals surface area contributed by atoms with Gasteiger partial charge in [0.15, 0.2) is 0 Å². The van der Waals surface area contributed by atoms with Gasteiger partial charge in [0.05, 0.1) is 12.2 Å². The predicted octanol–water partition coefficient (Wildman–Crippen LogP) is 1.41. The summed E-state index contributed by atoms with van der Waals surface area (Å²) in [4.78, 5) is 13.0. The molecule has 1 aromatic rings. The summed E-state index contributed by atoms with van der Waals surface area (Å²) in [5.41, 5.74) is 0.582. The summed E-state index contributed by atoms with van der Waals surface area (Å²) >= 11 is 0. The number of carbonyl (C=O) groups excluding carboxylic acids is 1.